The lowest BCUT2D eigenvalue weighted by molar-refractivity contribution is -0.917. The second-order valence-corrected chi connectivity index (χ2v) is 9.95. The minimum atomic E-state index is 1.37. The first-order valence-corrected chi connectivity index (χ1v) is 13.7. The molecule has 168 valence electrons. The minimum Gasteiger partial charge on any atom is -0.324 e. The van der Waals surface area contributed by atoms with Crippen molar-refractivity contribution in [2.75, 3.05) is 26.2 Å². The highest BCUT2D eigenvalue weighted by atomic mass is 15.4. The molecular formula is C27H56N+. The van der Waals surface area contributed by atoms with Crippen LogP contribution in [0, 0.1) is 0 Å². The lowest BCUT2D eigenvalue weighted by Crippen LogP contribution is -2.46. The zero-order chi connectivity index (χ0) is 20.2. The Hall–Kier alpha value is -0.0400. The highest BCUT2D eigenvalue weighted by molar-refractivity contribution is 4.57. The van der Waals surface area contributed by atoms with Crippen molar-refractivity contribution in [1.82, 2.24) is 0 Å². The van der Waals surface area contributed by atoms with Crippen molar-refractivity contribution < 1.29 is 4.48 Å². The molecule has 0 aromatic heterocycles. The van der Waals surface area contributed by atoms with E-state index in [9.17, 15) is 0 Å². The van der Waals surface area contributed by atoms with E-state index in [4.69, 9.17) is 0 Å². The van der Waals surface area contributed by atoms with Gasteiger partial charge in [0.25, 0.3) is 0 Å². The molecule has 0 aromatic carbocycles. The Morgan fingerprint density at radius 1 is 0.393 bits per heavy atom. The van der Waals surface area contributed by atoms with Crippen LogP contribution in [0.15, 0.2) is 0 Å². The summed E-state index contributed by atoms with van der Waals surface area (Å²) >= 11 is 0. The second-order valence-electron chi connectivity index (χ2n) is 9.95. The Morgan fingerprint density at radius 2 is 0.714 bits per heavy atom. The molecule has 0 spiro atoms. The Kier molecular flexibility index (Phi) is 17.6. The van der Waals surface area contributed by atoms with Gasteiger partial charge in [0.15, 0.2) is 0 Å². The molecule has 1 nitrogen and oxygen atoms in total. The molecule has 1 rings (SSSR count). The molecule has 0 saturated carbocycles. The lowest BCUT2D eigenvalue weighted by Gasteiger charge is -2.34. The molecule has 0 N–H and O–H groups in total. The number of nitrogens with zero attached hydrogens (tertiary/aromatic N) is 1. The van der Waals surface area contributed by atoms with Crippen LogP contribution in [0.25, 0.3) is 0 Å². The van der Waals surface area contributed by atoms with Gasteiger partial charge in [-0.05, 0) is 19.3 Å². The van der Waals surface area contributed by atoms with Crippen molar-refractivity contribution >= 4 is 0 Å². The van der Waals surface area contributed by atoms with E-state index in [1.165, 1.54) is 165 Å². The van der Waals surface area contributed by atoms with E-state index in [1.807, 2.05) is 0 Å². The van der Waals surface area contributed by atoms with E-state index < -0.39 is 0 Å². The summed E-state index contributed by atoms with van der Waals surface area (Å²) in [6, 6.07) is 0. The topological polar surface area (TPSA) is 0 Å². The smallest absolute Gasteiger partial charge is 0.0788 e. The Bertz CT molecular complexity index is 305. The van der Waals surface area contributed by atoms with Crippen LogP contribution in [-0.4, -0.2) is 30.7 Å². The zero-order valence-corrected chi connectivity index (χ0v) is 20.1. The molecule has 1 heteroatoms. The number of hydrogen-bond acceptors (Lipinski definition) is 0. The second kappa shape index (κ2) is 19.0. The number of quaternary nitrogens is 1. The highest BCUT2D eigenvalue weighted by Crippen LogP contribution is 2.22. The minimum absolute atomic E-state index is 1.37. The molecule has 0 bridgehead atoms. The summed E-state index contributed by atoms with van der Waals surface area (Å²) in [6.45, 7) is 10.6. The molecule has 0 aromatic rings. The van der Waals surface area contributed by atoms with E-state index in [2.05, 4.69) is 13.8 Å². The number of rotatable bonds is 21. The largest absolute Gasteiger partial charge is 0.324 e. The van der Waals surface area contributed by atoms with Crippen LogP contribution in [-0.2, 0) is 0 Å². The Morgan fingerprint density at radius 3 is 1.11 bits per heavy atom. The Labute approximate surface area is 179 Å². The third-order valence-electron chi connectivity index (χ3n) is 7.24. The van der Waals surface area contributed by atoms with Gasteiger partial charge in [0, 0.05) is 12.8 Å². The molecule has 28 heavy (non-hydrogen) atoms. The van der Waals surface area contributed by atoms with Crippen LogP contribution >= 0.6 is 0 Å². The average molecular weight is 395 g/mol. The monoisotopic (exact) mass is 394 g/mol. The third-order valence-corrected chi connectivity index (χ3v) is 7.24. The predicted octanol–water partition coefficient (Wildman–Crippen LogP) is 9.05. The van der Waals surface area contributed by atoms with Gasteiger partial charge in [0.2, 0.25) is 0 Å². The molecule has 0 unspecified atom stereocenters. The number of likely N-dealkylation sites (tertiary alicyclic amines) is 1. The SMILES string of the molecule is CCCCCCCCCCCCCCCCCCC[N+]1(CCCC)CCCC1. The maximum atomic E-state index is 2.35. The van der Waals surface area contributed by atoms with Gasteiger partial charge in [0.05, 0.1) is 26.2 Å². The van der Waals surface area contributed by atoms with Crippen molar-refractivity contribution in [3.8, 4) is 0 Å². The molecule has 0 radical (unpaired) electrons. The number of hydrogen-bond donors (Lipinski definition) is 0. The summed E-state index contributed by atoms with van der Waals surface area (Å²) in [6.07, 6.45) is 30.9. The molecule has 1 saturated heterocycles. The zero-order valence-electron chi connectivity index (χ0n) is 20.1. The van der Waals surface area contributed by atoms with Crippen LogP contribution in [0.5, 0.6) is 0 Å². The van der Waals surface area contributed by atoms with Crippen molar-refractivity contribution in [3.63, 3.8) is 0 Å². The summed E-state index contributed by atoms with van der Waals surface area (Å²) in [4.78, 5) is 0. The first-order valence-electron chi connectivity index (χ1n) is 13.7. The van der Waals surface area contributed by atoms with Gasteiger partial charge in [-0.25, -0.2) is 0 Å². The van der Waals surface area contributed by atoms with Crippen LogP contribution in [0.1, 0.15) is 149 Å². The van der Waals surface area contributed by atoms with Crippen LogP contribution < -0.4 is 0 Å². The van der Waals surface area contributed by atoms with Crippen LogP contribution in [0.4, 0.5) is 0 Å². The van der Waals surface area contributed by atoms with Crippen molar-refractivity contribution in [3.05, 3.63) is 0 Å². The molecule has 1 heterocycles. The standard InChI is InChI=1S/C27H56N/c1-3-5-7-8-9-10-11-12-13-14-15-16-17-18-19-20-21-25-28(24-6-4-2)26-22-23-27-28/h3-27H2,1-2H3/q+1. The maximum absolute atomic E-state index is 2.35. The first kappa shape index (κ1) is 26.0. The summed E-state index contributed by atoms with van der Waals surface area (Å²) in [5.41, 5.74) is 0. The van der Waals surface area contributed by atoms with Gasteiger partial charge in [-0.15, -0.1) is 0 Å². The highest BCUT2D eigenvalue weighted by Gasteiger charge is 2.30. The van der Waals surface area contributed by atoms with E-state index in [0.29, 0.717) is 0 Å². The van der Waals surface area contributed by atoms with Gasteiger partial charge in [-0.3, -0.25) is 0 Å². The van der Waals surface area contributed by atoms with Gasteiger partial charge in [0.1, 0.15) is 0 Å². The average Bonchev–Trinajstić information content (AvgIpc) is 3.18. The molecule has 0 aliphatic carbocycles. The third kappa shape index (κ3) is 14.0. The van der Waals surface area contributed by atoms with Gasteiger partial charge in [-0.1, -0.05) is 117 Å². The van der Waals surface area contributed by atoms with E-state index in [-0.39, 0.29) is 0 Å². The van der Waals surface area contributed by atoms with Gasteiger partial charge in [-0.2, -0.15) is 0 Å². The Balaban J connectivity index is 1.78. The van der Waals surface area contributed by atoms with Crippen LogP contribution in [0.3, 0.4) is 0 Å². The summed E-state index contributed by atoms with van der Waals surface area (Å²) < 4.78 is 1.48. The fourth-order valence-corrected chi connectivity index (χ4v) is 5.23. The first-order chi connectivity index (χ1) is 13.8. The summed E-state index contributed by atoms with van der Waals surface area (Å²) in [7, 11) is 0. The van der Waals surface area contributed by atoms with Gasteiger partial charge < -0.3 is 4.48 Å². The van der Waals surface area contributed by atoms with Gasteiger partial charge >= 0.3 is 0 Å². The van der Waals surface area contributed by atoms with E-state index >= 15 is 0 Å². The summed E-state index contributed by atoms with van der Waals surface area (Å²) in [5, 5.41) is 0. The maximum Gasteiger partial charge on any atom is 0.0788 e. The van der Waals surface area contributed by atoms with E-state index in [1.54, 1.807) is 0 Å². The lowest BCUT2D eigenvalue weighted by atomic mass is 10.0. The molecular weight excluding hydrogens is 338 g/mol. The van der Waals surface area contributed by atoms with Crippen molar-refractivity contribution in [2.24, 2.45) is 0 Å². The molecule has 1 fully saturated rings. The normalized spacial score (nSPS) is 16.1. The summed E-state index contributed by atoms with van der Waals surface area (Å²) in [5.74, 6) is 0. The van der Waals surface area contributed by atoms with Crippen molar-refractivity contribution in [1.29, 1.82) is 0 Å². The molecule has 1 aliphatic rings. The van der Waals surface area contributed by atoms with Crippen LogP contribution in [0.2, 0.25) is 0 Å². The van der Waals surface area contributed by atoms with E-state index in [0.717, 1.165) is 0 Å². The molecule has 0 amide bonds. The molecule has 1 aliphatic heterocycles. The fraction of sp³-hybridized carbons (Fsp3) is 1.00. The molecule has 0 atom stereocenters. The number of unbranched alkanes of at least 4 members (excludes halogenated alkanes) is 17. The van der Waals surface area contributed by atoms with Crippen molar-refractivity contribution in [2.45, 2.75) is 149 Å². The quantitative estimate of drug-likeness (QED) is 0.134. The fourth-order valence-electron chi connectivity index (χ4n) is 5.23. The predicted molar refractivity (Wildman–Crippen MR) is 128 cm³/mol.